The Labute approximate surface area is 99.9 Å². The van der Waals surface area contributed by atoms with Crippen LogP contribution in [-0.4, -0.2) is 9.97 Å². The van der Waals surface area contributed by atoms with E-state index in [0.717, 1.165) is 17.1 Å². The maximum absolute atomic E-state index is 13.3. The van der Waals surface area contributed by atoms with E-state index >= 15 is 0 Å². The van der Waals surface area contributed by atoms with Crippen molar-refractivity contribution in [3.63, 3.8) is 0 Å². The molecular weight excluding hydrogens is 217 g/mol. The Hall–Kier alpha value is -1.68. The highest BCUT2D eigenvalue weighted by Crippen LogP contribution is 2.22. The van der Waals surface area contributed by atoms with Gasteiger partial charge in [-0.3, -0.25) is 0 Å². The molecule has 0 saturated carbocycles. The van der Waals surface area contributed by atoms with Gasteiger partial charge in [-0.1, -0.05) is 13.8 Å². The molecule has 1 aromatic heterocycles. The van der Waals surface area contributed by atoms with Crippen LogP contribution in [0.4, 0.5) is 4.39 Å². The number of hydrogen-bond acceptors (Lipinski definition) is 2. The molecule has 0 aliphatic heterocycles. The summed E-state index contributed by atoms with van der Waals surface area (Å²) in [5, 5.41) is 0. The zero-order valence-corrected chi connectivity index (χ0v) is 10.00. The fourth-order valence-corrected chi connectivity index (χ4v) is 1.68. The Bertz CT molecular complexity index is 517. The Morgan fingerprint density at radius 3 is 2.76 bits per heavy atom. The number of hydrogen-bond donors (Lipinski definition) is 2. The fraction of sp³-hybridized carbons (Fsp3) is 0.308. The van der Waals surface area contributed by atoms with Crippen LogP contribution in [0, 0.1) is 5.82 Å². The lowest BCUT2D eigenvalue weighted by molar-refractivity contribution is 0.611. The van der Waals surface area contributed by atoms with Crippen molar-refractivity contribution in [2.24, 2.45) is 5.73 Å². The molecule has 1 aromatic carbocycles. The van der Waals surface area contributed by atoms with Crippen LogP contribution in [0.3, 0.4) is 0 Å². The van der Waals surface area contributed by atoms with E-state index < -0.39 is 0 Å². The first kappa shape index (κ1) is 11.8. The largest absolute Gasteiger partial charge is 0.342 e. The molecule has 0 aliphatic rings. The zero-order valence-electron chi connectivity index (χ0n) is 10.00. The number of nitrogens with one attached hydrogen (secondary N) is 1. The second kappa shape index (κ2) is 4.67. The third-order valence-electron chi connectivity index (χ3n) is 2.72. The van der Waals surface area contributed by atoms with Gasteiger partial charge in [0.05, 0.1) is 11.9 Å². The summed E-state index contributed by atoms with van der Waals surface area (Å²) in [5.41, 5.74) is 7.80. The molecule has 0 unspecified atom stereocenters. The normalized spacial score (nSPS) is 11.1. The van der Waals surface area contributed by atoms with E-state index in [4.69, 9.17) is 5.73 Å². The summed E-state index contributed by atoms with van der Waals surface area (Å²) in [7, 11) is 0. The molecule has 0 atom stereocenters. The summed E-state index contributed by atoms with van der Waals surface area (Å²) in [6.07, 6.45) is 1.77. The van der Waals surface area contributed by atoms with E-state index in [1.165, 1.54) is 6.07 Å². The highest BCUT2D eigenvalue weighted by atomic mass is 19.1. The van der Waals surface area contributed by atoms with E-state index in [2.05, 4.69) is 23.8 Å². The molecule has 17 heavy (non-hydrogen) atoms. The Morgan fingerprint density at radius 1 is 1.41 bits per heavy atom. The molecule has 1 heterocycles. The van der Waals surface area contributed by atoms with Crippen molar-refractivity contribution in [3.8, 4) is 11.3 Å². The second-order valence-electron chi connectivity index (χ2n) is 4.35. The van der Waals surface area contributed by atoms with Crippen LogP contribution in [0.25, 0.3) is 11.3 Å². The minimum absolute atomic E-state index is 0.199. The molecular formula is C13H16FN3. The lowest BCUT2D eigenvalue weighted by atomic mass is 10.1. The van der Waals surface area contributed by atoms with Gasteiger partial charge in [0.2, 0.25) is 0 Å². The van der Waals surface area contributed by atoms with Crippen LogP contribution in [-0.2, 0) is 6.54 Å². The average molecular weight is 233 g/mol. The van der Waals surface area contributed by atoms with Crippen LogP contribution in [0.15, 0.2) is 24.4 Å². The van der Waals surface area contributed by atoms with Gasteiger partial charge in [-0.25, -0.2) is 9.37 Å². The van der Waals surface area contributed by atoms with Gasteiger partial charge in [-0.2, -0.15) is 0 Å². The lowest BCUT2D eigenvalue weighted by Crippen LogP contribution is -1.99. The van der Waals surface area contributed by atoms with Gasteiger partial charge in [0, 0.05) is 23.6 Å². The summed E-state index contributed by atoms with van der Waals surface area (Å²) in [4.78, 5) is 7.51. The Morgan fingerprint density at radius 2 is 2.18 bits per heavy atom. The van der Waals surface area contributed by atoms with Crippen LogP contribution in [0.5, 0.6) is 0 Å². The van der Waals surface area contributed by atoms with Gasteiger partial charge in [0.15, 0.2) is 0 Å². The van der Waals surface area contributed by atoms with Crippen molar-refractivity contribution in [1.29, 1.82) is 0 Å². The minimum Gasteiger partial charge on any atom is -0.342 e. The summed E-state index contributed by atoms with van der Waals surface area (Å²) in [5.74, 6) is 1.01. The quantitative estimate of drug-likeness (QED) is 0.856. The standard InChI is InChI=1S/C13H16FN3/c1-8(2)13-16-7-12(17-13)9-3-4-11(14)10(5-9)6-15/h3-5,7-8H,6,15H2,1-2H3,(H,16,17). The van der Waals surface area contributed by atoms with Crippen molar-refractivity contribution < 1.29 is 4.39 Å². The number of nitrogens with two attached hydrogens (primary N) is 1. The van der Waals surface area contributed by atoms with Crippen molar-refractivity contribution in [2.45, 2.75) is 26.3 Å². The van der Waals surface area contributed by atoms with Gasteiger partial charge in [0.25, 0.3) is 0 Å². The predicted molar refractivity (Wildman–Crippen MR) is 66.0 cm³/mol. The second-order valence-corrected chi connectivity index (χ2v) is 4.35. The van der Waals surface area contributed by atoms with Gasteiger partial charge >= 0.3 is 0 Å². The number of aromatic amines is 1. The van der Waals surface area contributed by atoms with Gasteiger partial charge in [-0.05, 0) is 18.2 Å². The molecule has 90 valence electrons. The van der Waals surface area contributed by atoms with Crippen LogP contribution < -0.4 is 5.73 Å². The first-order valence-corrected chi connectivity index (χ1v) is 5.65. The fourth-order valence-electron chi connectivity index (χ4n) is 1.68. The van der Waals surface area contributed by atoms with Crippen molar-refractivity contribution in [2.75, 3.05) is 0 Å². The number of nitrogens with zero attached hydrogens (tertiary/aromatic N) is 1. The lowest BCUT2D eigenvalue weighted by Gasteiger charge is -2.03. The third kappa shape index (κ3) is 2.36. The van der Waals surface area contributed by atoms with Crippen LogP contribution in [0.1, 0.15) is 31.2 Å². The van der Waals surface area contributed by atoms with Crippen LogP contribution >= 0.6 is 0 Å². The molecule has 4 heteroatoms. The first-order chi connectivity index (χ1) is 8.11. The third-order valence-corrected chi connectivity index (χ3v) is 2.72. The Balaban J connectivity index is 2.38. The molecule has 3 N–H and O–H groups in total. The first-order valence-electron chi connectivity index (χ1n) is 5.65. The average Bonchev–Trinajstić information content (AvgIpc) is 2.79. The maximum Gasteiger partial charge on any atom is 0.127 e. The van der Waals surface area contributed by atoms with E-state index in [9.17, 15) is 4.39 Å². The van der Waals surface area contributed by atoms with E-state index in [1.54, 1.807) is 18.3 Å². The molecule has 0 saturated heterocycles. The Kier molecular flexibility index (Phi) is 3.24. The topological polar surface area (TPSA) is 54.7 Å². The van der Waals surface area contributed by atoms with E-state index in [1.807, 2.05) is 0 Å². The molecule has 0 spiro atoms. The molecule has 0 aliphatic carbocycles. The molecule has 2 rings (SSSR count). The predicted octanol–water partition coefficient (Wildman–Crippen LogP) is 2.80. The molecule has 0 amide bonds. The number of H-pyrrole nitrogens is 1. The van der Waals surface area contributed by atoms with Gasteiger partial charge in [-0.15, -0.1) is 0 Å². The summed E-state index contributed by atoms with van der Waals surface area (Å²) < 4.78 is 13.3. The SMILES string of the molecule is CC(C)c1ncc(-c2ccc(F)c(CN)c2)[nH]1. The number of halogens is 1. The molecule has 2 aromatic rings. The van der Waals surface area contributed by atoms with Crippen molar-refractivity contribution in [1.82, 2.24) is 9.97 Å². The molecule has 0 bridgehead atoms. The molecule has 0 radical (unpaired) electrons. The van der Waals surface area contributed by atoms with Gasteiger partial charge in [0.1, 0.15) is 11.6 Å². The summed E-state index contributed by atoms with van der Waals surface area (Å²) in [6.45, 7) is 4.34. The van der Waals surface area contributed by atoms with E-state index in [0.29, 0.717) is 11.5 Å². The monoisotopic (exact) mass is 233 g/mol. The maximum atomic E-state index is 13.3. The number of benzene rings is 1. The summed E-state index contributed by atoms with van der Waals surface area (Å²) >= 11 is 0. The smallest absolute Gasteiger partial charge is 0.127 e. The highest BCUT2D eigenvalue weighted by Gasteiger charge is 2.08. The summed E-state index contributed by atoms with van der Waals surface area (Å²) in [6, 6.07) is 4.92. The number of rotatable bonds is 3. The highest BCUT2D eigenvalue weighted by molar-refractivity contribution is 5.59. The number of imidazole rings is 1. The van der Waals surface area contributed by atoms with Crippen LogP contribution in [0.2, 0.25) is 0 Å². The minimum atomic E-state index is -0.264. The van der Waals surface area contributed by atoms with E-state index in [-0.39, 0.29) is 12.4 Å². The molecule has 3 nitrogen and oxygen atoms in total. The van der Waals surface area contributed by atoms with Crippen molar-refractivity contribution in [3.05, 3.63) is 41.6 Å². The molecule has 0 fully saturated rings. The zero-order chi connectivity index (χ0) is 12.4. The van der Waals surface area contributed by atoms with Crippen molar-refractivity contribution >= 4 is 0 Å². The van der Waals surface area contributed by atoms with Gasteiger partial charge < -0.3 is 10.7 Å². The number of aromatic nitrogens is 2.